The number of hydrogen-bond donors (Lipinski definition) is 2. The molecule has 0 aliphatic rings. The fraction of sp³-hybridized carbons (Fsp3) is 1.00. The molecule has 0 saturated heterocycles. The van der Waals surface area contributed by atoms with E-state index in [0.29, 0.717) is 13.2 Å². The standard InChI is InChI=1S/C19H41O6P/c1-2-3-4-5-6-7-8-9-10-11-12-13-14-15-23-16-17-24-18-19-25-26(20,21)22/h2-19H2,1H3,(H2,20,21,22). The zero-order valence-corrected chi connectivity index (χ0v) is 17.6. The molecule has 0 radical (unpaired) electrons. The molecule has 0 saturated carbocycles. The topological polar surface area (TPSA) is 85.2 Å². The third kappa shape index (κ3) is 24.0. The summed E-state index contributed by atoms with van der Waals surface area (Å²) in [6.45, 7) is 3.99. The van der Waals surface area contributed by atoms with Crippen LogP contribution in [0.25, 0.3) is 0 Å². The average molecular weight is 397 g/mol. The van der Waals surface area contributed by atoms with Crippen LogP contribution in [0.5, 0.6) is 0 Å². The first-order valence-electron chi connectivity index (χ1n) is 10.4. The van der Waals surface area contributed by atoms with E-state index in [1.807, 2.05) is 0 Å². The molecule has 0 rings (SSSR count). The van der Waals surface area contributed by atoms with Crippen molar-refractivity contribution in [1.29, 1.82) is 0 Å². The van der Waals surface area contributed by atoms with Crippen molar-refractivity contribution in [3.05, 3.63) is 0 Å². The molecule has 0 atom stereocenters. The molecule has 2 N–H and O–H groups in total. The normalized spacial score (nSPS) is 12.0. The summed E-state index contributed by atoms with van der Waals surface area (Å²) in [5, 5.41) is 0. The lowest BCUT2D eigenvalue weighted by atomic mass is 10.0. The van der Waals surface area contributed by atoms with Crippen molar-refractivity contribution in [2.24, 2.45) is 0 Å². The van der Waals surface area contributed by atoms with Gasteiger partial charge in [-0.2, -0.15) is 0 Å². The van der Waals surface area contributed by atoms with Crippen LogP contribution in [0.4, 0.5) is 0 Å². The largest absolute Gasteiger partial charge is 0.469 e. The van der Waals surface area contributed by atoms with E-state index in [4.69, 9.17) is 19.3 Å². The van der Waals surface area contributed by atoms with Gasteiger partial charge in [0.25, 0.3) is 0 Å². The van der Waals surface area contributed by atoms with Crippen molar-refractivity contribution in [3.8, 4) is 0 Å². The van der Waals surface area contributed by atoms with E-state index >= 15 is 0 Å². The van der Waals surface area contributed by atoms with Crippen LogP contribution in [0.1, 0.15) is 90.4 Å². The van der Waals surface area contributed by atoms with E-state index in [9.17, 15) is 4.57 Å². The molecule has 0 spiro atoms. The maximum absolute atomic E-state index is 10.4. The smallest absolute Gasteiger partial charge is 0.379 e. The molecule has 0 aliphatic heterocycles. The lowest BCUT2D eigenvalue weighted by Gasteiger charge is -2.07. The highest BCUT2D eigenvalue weighted by Crippen LogP contribution is 2.35. The summed E-state index contributed by atoms with van der Waals surface area (Å²) in [5.41, 5.74) is 0. The second-order valence-electron chi connectivity index (χ2n) is 6.79. The lowest BCUT2D eigenvalue weighted by Crippen LogP contribution is -2.09. The van der Waals surface area contributed by atoms with Gasteiger partial charge in [0.05, 0.1) is 26.4 Å². The number of hydrogen-bond acceptors (Lipinski definition) is 4. The third-order valence-electron chi connectivity index (χ3n) is 4.25. The van der Waals surface area contributed by atoms with Gasteiger partial charge in [-0.25, -0.2) is 4.57 Å². The van der Waals surface area contributed by atoms with Crippen LogP contribution in [-0.2, 0) is 18.6 Å². The van der Waals surface area contributed by atoms with Gasteiger partial charge in [0.1, 0.15) is 0 Å². The molecule has 0 fully saturated rings. The monoisotopic (exact) mass is 396 g/mol. The van der Waals surface area contributed by atoms with Gasteiger partial charge in [0.2, 0.25) is 0 Å². The van der Waals surface area contributed by atoms with Gasteiger partial charge in [-0.1, -0.05) is 84.0 Å². The third-order valence-corrected chi connectivity index (χ3v) is 4.77. The summed E-state index contributed by atoms with van der Waals surface area (Å²) in [5.74, 6) is 0. The fourth-order valence-electron chi connectivity index (χ4n) is 2.76. The molecule has 158 valence electrons. The minimum absolute atomic E-state index is 0.108. The van der Waals surface area contributed by atoms with E-state index < -0.39 is 7.82 Å². The first-order valence-corrected chi connectivity index (χ1v) is 11.9. The van der Waals surface area contributed by atoms with Gasteiger partial charge in [0, 0.05) is 6.61 Å². The van der Waals surface area contributed by atoms with E-state index in [0.717, 1.165) is 13.0 Å². The van der Waals surface area contributed by atoms with Crippen LogP contribution < -0.4 is 0 Å². The minimum Gasteiger partial charge on any atom is -0.379 e. The van der Waals surface area contributed by atoms with Crippen LogP contribution in [0, 0.1) is 0 Å². The summed E-state index contributed by atoms with van der Waals surface area (Å²) >= 11 is 0. The van der Waals surface area contributed by atoms with E-state index in [1.165, 1.54) is 77.0 Å². The van der Waals surface area contributed by atoms with Crippen molar-refractivity contribution in [3.63, 3.8) is 0 Å². The molecule has 0 aromatic rings. The van der Waals surface area contributed by atoms with Gasteiger partial charge in [0.15, 0.2) is 0 Å². The predicted octanol–water partition coefficient (Wildman–Crippen LogP) is 5.22. The second kappa shape index (κ2) is 19.8. The predicted molar refractivity (Wildman–Crippen MR) is 105 cm³/mol. The maximum Gasteiger partial charge on any atom is 0.469 e. The van der Waals surface area contributed by atoms with Crippen LogP contribution in [0.3, 0.4) is 0 Å². The van der Waals surface area contributed by atoms with Crippen LogP contribution >= 0.6 is 7.82 Å². The molecule has 0 amide bonds. The average Bonchev–Trinajstić information content (AvgIpc) is 2.59. The van der Waals surface area contributed by atoms with Gasteiger partial charge in [-0.15, -0.1) is 0 Å². The molecular weight excluding hydrogens is 355 g/mol. The van der Waals surface area contributed by atoms with Crippen molar-refractivity contribution >= 4 is 7.82 Å². The van der Waals surface area contributed by atoms with E-state index in [2.05, 4.69) is 11.4 Å². The highest BCUT2D eigenvalue weighted by atomic mass is 31.2. The molecular formula is C19H41O6P. The van der Waals surface area contributed by atoms with E-state index in [1.54, 1.807) is 0 Å². The summed E-state index contributed by atoms with van der Waals surface area (Å²) in [4.78, 5) is 17.0. The molecule has 26 heavy (non-hydrogen) atoms. The molecule has 0 bridgehead atoms. The summed E-state index contributed by atoms with van der Waals surface area (Å²) < 4.78 is 25.3. The Morgan fingerprint density at radius 3 is 1.42 bits per heavy atom. The Bertz CT molecular complexity index is 321. The fourth-order valence-corrected chi connectivity index (χ4v) is 3.07. The summed E-state index contributed by atoms with van der Waals surface area (Å²) in [7, 11) is -4.37. The molecule has 0 unspecified atom stereocenters. The van der Waals surface area contributed by atoms with Gasteiger partial charge in [-0.3, -0.25) is 4.52 Å². The zero-order valence-electron chi connectivity index (χ0n) is 16.7. The first kappa shape index (κ1) is 26.0. The Kier molecular flexibility index (Phi) is 19.8. The van der Waals surface area contributed by atoms with Gasteiger partial charge in [-0.05, 0) is 6.42 Å². The molecule has 0 heterocycles. The van der Waals surface area contributed by atoms with Crippen LogP contribution in [0.2, 0.25) is 0 Å². The van der Waals surface area contributed by atoms with Gasteiger partial charge >= 0.3 is 7.82 Å². The maximum atomic E-state index is 10.4. The van der Waals surface area contributed by atoms with Crippen molar-refractivity contribution in [1.82, 2.24) is 0 Å². The number of unbranched alkanes of at least 4 members (excludes halogenated alkanes) is 12. The number of phosphoric ester groups is 1. The number of rotatable bonds is 21. The quantitative estimate of drug-likeness (QED) is 0.204. The van der Waals surface area contributed by atoms with Crippen molar-refractivity contribution in [2.75, 3.05) is 33.0 Å². The minimum atomic E-state index is -4.37. The van der Waals surface area contributed by atoms with Crippen molar-refractivity contribution in [2.45, 2.75) is 90.4 Å². The highest BCUT2D eigenvalue weighted by Gasteiger charge is 2.12. The van der Waals surface area contributed by atoms with Crippen molar-refractivity contribution < 1.29 is 28.3 Å². The molecule has 0 aromatic carbocycles. The molecule has 0 aromatic heterocycles. The Hall–Kier alpha value is 0.0300. The van der Waals surface area contributed by atoms with Crippen LogP contribution in [0.15, 0.2) is 0 Å². The molecule has 0 aliphatic carbocycles. The first-order chi connectivity index (χ1) is 12.6. The summed E-state index contributed by atoms with van der Waals surface area (Å²) in [6, 6.07) is 0. The summed E-state index contributed by atoms with van der Waals surface area (Å²) in [6.07, 6.45) is 17.4. The highest BCUT2D eigenvalue weighted by molar-refractivity contribution is 7.46. The second-order valence-corrected chi connectivity index (χ2v) is 8.03. The lowest BCUT2D eigenvalue weighted by molar-refractivity contribution is 0.0312. The number of phosphoric acid groups is 1. The van der Waals surface area contributed by atoms with E-state index in [-0.39, 0.29) is 13.2 Å². The Morgan fingerprint density at radius 2 is 0.962 bits per heavy atom. The SMILES string of the molecule is CCCCCCCCCCCCCCCOCCOCCOP(=O)(O)O. The van der Waals surface area contributed by atoms with Gasteiger partial charge < -0.3 is 19.3 Å². The Balaban J connectivity index is 3.02. The molecule has 6 nitrogen and oxygen atoms in total. The zero-order chi connectivity index (χ0) is 19.3. The number of ether oxygens (including phenoxy) is 2. The van der Waals surface area contributed by atoms with Crippen LogP contribution in [-0.4, -0.2) is 42.8 Å². The Morgan fingerprint density at radius 1 is 0.577 bits per heavy atom. The Labute approximate surface area is 160 Å². The molecule has 7 heteroatoms.